The Balaban J connectivity index is 1.60. The van der Waals surface area contributed by atoms with Crippen LogP contribution in [0.5, 0.6) is 5.75 Å². The first kappa shape index (κ1) is 19.0. The molecule has 0 saturated heterocycles. The Morgan fingerprint density at radius 1 is 1.15 bits per heavy atom. The molecule has 1 aromatic heterocycles. The largest absolute Gasteiger partial charge is 0.494 e. The molecule has 0 radical (unpaired) electrons. The number of nitrogens with zero attached hydrogens (tertiary/aromatic N) is 2. The van der Waals surface area contributed by atoms with Gasteiger partial charge in [-0.15, -0.1) is 11.3 Å². The second kappa shape index (κ2) is 8.77. The van der Waals surface area contributed by atoms with Crippen molar-refractivity contribution < 1.29 is 13.9 Å². The summed E-state index contributed by atoms with van der Waals surface area (Å²) < 4.78 is 18.4. The van der Waals surface area contributed by atoms with E-state index in [2.05, 4.69) is 4.98 Å². The van der Waals surface area contributed by atoms with Crippen molar-refractivity contribution in [3.63, 3.8) is 0 Å². The molecule has 0 atom stereocenters. The van der Waals surface area contributed by atoms with E-state index >= 15 is 0 Å². The molecular formula is C21H21FN2O2S. The van der Waals surface area contributed by atoms with Gasteiger partial charge in [-0.3, -0.25) is 4.79 Å². The van der Waals surface area contributed by atoms with E-state index < -0.39 is 0 Å². The lowest BCUT2D eigenvalue weighted by Crippen LogP contribution is -2.27. The van der Waals surface area contributed by atoms with Gasteiger partial charge in [-0.1, -0.05) is 12.1 Å². The van der Waals surface area contributed by atoms with Gasteiger partial charge in [0.25, 0.3) is 0 Å². The molecule has 0 saturated carbocycles. The maximum Gasteiger partial charge on any atom is 0.228 e. The third-order valence-corrected chi connectivity index (χ3v) is 5.00. The van der Waals surface area contributed by atoms with Gasteiger partial charge in [-0.2, -0.15) is 0 Å². The molecule has 0 unspecified atom stereocenters. The molecular weight excluding hydrogens is 363 g/mol. The molecule has 27 heavy (non-hydrogen) atoms. The quantitative estimate of drug-likeness (QED) is 0.600. The molecule has 6 heteroatoms. The van der Waals surface area contributed by atoms with Crippen molar-refractivity contribution in [3.05, 3.63) is 71.0 Å². The molecule has 0 bridgehead atoms. The van der Waals surface area contributed by atoms with Crippen molar-refractivity contribution in [2.24, 2.45) is 0 Å². The smallest absolute Gasteiger partial charge is 0.228 e. The van der Waals surface area contributed by atoms with Crippen LogP contribution in [0.25, 0.3) is 10.6 Å². The van der Waals surface area contributed by atoms with E-state index in [1.807, 2.05) is 36.6 Å². The van der Waals surface area contributed by atoms with Crippen LogP contribution < -0.4 is 4.74 Å². The molecule has 0 aliphatic carbocycles. The van der Waals surface area contributed by atoms with E-state index in [-0.39, 0.29) is 18.1 Å². The van der Waals surface area contributed by atoms with Crippen LogP contribution in [-0.2, 0) is 17.8 Å². The fraction of sp³-hybridized carbons (Fsp3) is 0.238. The standard InChI is InChI=1S/C21H21FN2O2S/c1-3-26-19-10-6-16(7-11-19)21-23-18(14-27-21)12-20(25)24(2)13-15-4-8-17(22)9-5-15/h4-11,14H,3,12-13H2,1-2H3. The van der Waals surface area contributed by atoms with Gasteiger partial charge in [0.1, 0.15) is 16.6 Å². The Bertz CT molecular complexity index is 891. The minimum atomic E-state index is -0.281. The van der Waals surface area contributed by atoms with Crippen molar-refractivity contribution in [2.45, 2.75) is 19.9 Å². The number of carbonyl (C=O) groups excluding carboxylic acids is 1. The highest BCUT2D eigenvalue weighted by molar-refractivity contribution is 7.13. The van der Waals surface area contributed by atoms with Crippen molar-refractivity contribution >= 4 is 17.2 Å². The molecule has 140 valence electrons. The van der Waals surface area contributed by atoms with E-state index in [1.165, 1.54) is 23.5 Å². The number of carbonyl (C=O) groups is 1. The average Bonchev–Trinajstić information content (AvgIpc) is 3.13. The van der Waals surface area contributed by atoms with Crippen LogP contribution >= 0.6 is 11.3 Å². The van der Waals surface area contributed by atoms with E-state index in [9.17, 15) is 9.18 Å². The average molecular weight is 384 g/mol. The Hall–Kier alpha value is -2.73. The summed E-state index contributed by atoms with van der Waals surface area (Å²) >= 11 is 1.52. The number of benzene rings is 2. The summed E-state index contributed by atoms with van der Waals surface area (Å²) in [4.78, 5) is 18.7. The van der Waals surface area contributed by atoms with Gasteiger partial charge >= 0.3 is 0 Å². The lowest BCUT2D eigenvalue weighted by Gasteiger charge is -2.16. The van der Waals surface area contributed by atoms with Crippen LogP contribution in [0, 0.1) is 5.82 Å². The fourth-order valence-corrected chi connectivity index (χ4v) is 3.45. The van der Waals surface area contributed by atoms with Gasteiger partial charge in [0.2, 0.25) is 5.91 Å². The number of likely N-dealkylation sites (N-methyl/N-ethyl adjacent to an activating group) is 1. The zero-order valence-corrected chi connectivity index (χ0v) is 16.1. The van der Waals surface area contributed by atoms with E-state index in [0.29, 0.717) is 13.2 Å². The Morgan fingerprint density at radius 3 is 2.52 bits per heavy atom. The van der Waals surface area contributed by atoms with Crippen molar-refractivity contribution in [1.82, 2.24) is 9.88 Å². The molecule has 4 nitrogen and oxygen atoms in total. The van der Waals surface area contributed by atoms with Gasteiger partial charge in [-0.05, 0) is 48.9 Å². The summed E-state index contributed by atoms with van der Waals surface area (Å²) in [5.74, 6) is 0.524. The number of amides is 1. The summed E-state index contributed by atoms with van der Waals surface area (Å²) in [6, 6.07) is 13.9. The molecule has 3 aromatic rings. The maximum atomic E-state index is 13.0. The number of halogens is 1. The van der Waals surface area contributed by atoms with Gasteiger partial charge in [0.15, 0.2) is 0 Å². The Labute approximate surface area is 162 Å². The molecule has 0 N–H and O–H groups in total. The predicted octanol–water partition coefficient (Wildman–Crippen LogP) is 4.55. The number of ether oxygens (including phenoxy) is 1. The van der Waals surface area contributed by atoms with Gasteiger partial charge in [0, 0.05) is 24.5 Å². The summed E-state index contributed by atoms with van der Waals surface area (Å²) in [5, 5.41) is 2.79. The summed E-state index contributed by atoms with van der Waals surface area (Å²) in [7, 11) is 1.74. The summed E-state index contributed by atoms with van der Waals surface area (Å²) in [6.45, 7) is 3.02. The number of hydrogen-bond acceptors (Lipinski definition) is 4. The Kier molecular flexibility index (Phi) is 6.19. The lowest BCUT2D eigenvalue weighted by atomic mass is 10.2. The molecule has 0 aliphatic rings. The monoisotopic (exact) mass is 384 g/mol. The third-order valence-electron chi connectivity index (χ3n) is 4.06. The van der Waals surface area contributed by atoms with Crippen molar-refractivity contribution in [3.8, 4) is 16.3 Å². The molecule has 0 aliphatic heterocycles. The number of rotatable bonds is 7. The van der Waals surface area contributed by atoms with Crippen LogP contribution in [0.4, 0.5) is 4.39 Å². The molecule has 3 rings (SSSR count). The van der Waals surface area contributed by atoms with E-state index in [0.717, 1.165) is 27.6 Å². The second-order valence-electron chi connectivity index (χ2n) is 6.15. The fourth-order valence-electron chi connectivity index (χ4n) is 2.62. The molecule has 0 spiro atoms. The third kappa shape index (κ3) is 5.14. The van der Waals surface area contributed by atoms with Crippen LogP contribution in [0.15, 0.2) is 53.9 Å². The summed E-state index contributed by atoms with van der Waals surface area (Å²) in [6.07, 6.45) is 0.241. The summed E-state index contributed by atoms with van der Waals surface area (Å²) in [5.41, 5.74) is 2.64. The first-order valence-electron chi connectivity index (χ1n) is 8.71. The van der Waals surface area contributed by atoms with Crippen LogP contribution in [0.2, 0.25) is 0 Å². The molecule has 2 aromatic carbocycles. The van der Waals surface area contributed by atoms with Gasteiger partial charge < -0.3 is 9.64 Å². The first-order chi connectivity index (χ1) is 13.0. The van der Waals surface area contributed by atoms with E-state index in [1.54, 1.807) is 24.1 Å². The molecule has 1 amide bonds. The lowest BCUT2D eigenvalue weighted by molar-refractivity contribution is -0.129. The number of thiazole rings is 1. The minimum absolute atomic E-state index is 0.0251. The van der Waals surface area contributed by atoms with Gasteiger partial charge in [-0.25, -0.2) is 9.37 Å². The second-order valence-corrected chi connectivity index (χ2v) is 7.01. The molecule has 1 heterocycles. The van der Waals surface area contributed by atoms with Gasteiger partial charge in [0.05, 0.1) is 18.7 Å². The SMILES string of the molecule is CCOc1ccc(-c2nc(CC(=O)N(C)Cc3ccc(F)cc3)cs2)cc1. The van der Waals surface area contributed by atoms with Crippen LogP contribution in [-0.4, -0.2) is 29.4 Å². The number of hydrogen-bond donors (Lipinski definition) is 0. The topological polar surface area (TPSA) is 42.4 Å². The predicted molar refractivity (Wildman–Crippen MR) is 105 cm³/mol. The maximum absolute atomic E-state index is 13.0. The van der Waals surface area contributed by atoms with E-state index in [4.69, 9.17) is 4.74 Å². The Morgan fingerprint density at radius 2 is 1.85 bits per heavy atom. The highest BCUT2D eigenvalue weighted by atomic mass is 32.1. The number of aromatic nitrogens is 1. The van der Waals surface area contributed by atoms with Crippen LogP contribution in [0.1, 0.15) is 18.2 Å². The highest BCUT2D eigenvalue weighted by Gasteiger charge is 2.13. The molecule has 0 fully saturated rings. The zero-order valence-electron chi connectivity index (χ0n) is 15.3. The van der Waals surface area contributed by atoms with Crippen molar-refractivity contribution in [1.29, 1.82) is 0 Å². The zero-order chi connectivity index (χ0) is 19.2. The minimum Gasteiger partial charge on any atom is -0.494 e. The van der Waals surface area contributed by atoms with Crippen LogP contribution in [0.3, 0.4) is 0 Å². The first-order valence-corrected chi connectivity index (χ1v) is 9.59. The normalized spacial score (nSPS) is 10.6. The highest BCUT2D eigenvalue weighted by Crippen LogP contribution is 2.26. The van der Waals surface area contributed by atoms with Crippen molar-refractivity contribution in [2.75, 3.05) is 13.7 Å².